The van der Waals surface area contributed by atoms with Gasteiger partial charge in [-0.2, -0.15) is 13.2 Å². The Morgan fingerprint density at radius 3 is 2.42 bits per heavy atom. The highest BCUT2D eigenvalue weighted by Crippen LogP contribution is 2.38. The van der Waals surface area contributed by atoms with Gasteiger partial charge in [0.05, 0.1) is 0 Å². The number of rotatable bonds is 7. The summed E-state index contributed by atoms with van der Waals surface area (Å²) >= 11 is 0.0969. The molecule has 0 aromatic heterocycles. The number of hydrogen-bond donors (Lipinski definition) is 1. The standard InChI is InChI=1S/C13H24F3NOS/c1-11(2)9-17-10-12(3-6-18-7-4-12)5-8-19-13(14,15)16/h11,17H,3-10H2,1-2H3. The molecule has 0 saturated carbocycles. The molecule has 2 nitrogen and oxygen atoms in total. The van der Waals surface area contributed by atoms with Crippen molar-refractivity contribution in [2.75, 3.05) is 32.1 Å². The predicted molar refractivity (Wildman–Crippen MR) is 73.3 cm³/mol. The Kier molecular flexibility index (Phi) is 6.97. The molecule has 6 heteroatoms. The average molecular weight is 299 g/mol. The molecule has 0 amide bonds. The van der Waals surface area contributed by atoms with Crippen LogP contribution in [0.25, 0.3) is 0 Å². The zero-order valence-corrected chi connectivity index (χ0v) is 12.5. The van der Waals surface area contributed by atoms with E-state index < -0.39 is 5.51 Å². The largest absolute Gasteiger partial charge is 0.441 e. The maximum absolute atomic E-state index is 12.2. The lowest BCUT2D eigenvalue weighted by atomic mass is 9.77. The van der Waals surface area contributed by atoms with E-state index in [1.54, 1.807) is 0 Å². The van der Waals surface area contributed by atoms with Crippen LogP contribution in [-0.2, 0) is 4.74 Å². The molecule has 0 atom stereocenters. The van der Waals surface area contributed by atoms with Gasteiger partial charge < -0.3 is 10.1 Å². The van der Waals surface area contributed by atoms with Crippen molar-refractivity contribution in [1.82, 2.24) is 5.32 Å². The first-order chi connectivity index (χ1) is 8.83. The molecule has 0 aromatic carbocycles. The Morgan fingerprint density at radius 1 is 1.26 bits per heavy atom. The molecular weight excluding hydrogens is 275 g/mol. The first kappa shape index (κ1) is 17.1. The van der Waals surface area contributed by atoms with Gasteiger partial charge in [-0.3, -0.25) is 0 Å². The van der Waals surface area contributed by atoms with E-state index in [4.69, 9.17) is 4.74 Å². The van der Waals surface area contributed by atoms with Crippen molar-refractivity contribution in [1.29, 1.82) is 0 Å². The van der Waals surface area contributed by atoms with Gasteiger partial charge in [0.25, 0.3) is 0 Å². The van der Waals surface area contributed by atoms with E-state index in [9.17, 15) is 13.2 Å². The lowest BCUT2D eigenvalue weighted by Gasteiger charge is -2.38. The molecule has 1 heterocycles. The van der Waals surface area contributed by atoms with Crippen LogP contribution in [0.2, 0.25) is 0 Å². The minimum absolute atomic E-state index is 0.0224. The zero-order valence-electron chi connectivity index (χ0n) is 11.7. The summed E-state index contributed by atoms with van der Waals surface area (Å²) in [6.45, 7) is 7.30. The first-order valence-corrected chi connectivity index (χ1v) is 7.81. The summed E-state index contributed by atoms with van der Waals surface area (Å²) in [5.41, 5.74) is -4.14. The van der Waals surface area contributed by atoms with Crippen LogP contribution in [0, 0.1) is 11.3 Å². The van der Waals surface area contributed by atoms with Crippen LogP contribution in [0.3, 0.4) is 0 Å². The molecule has 0 radical (unpaired) electrons. The van der Waals surface area contributed by atoms with Crippen LogP contribution in [-0.4, -0.2) is 37.6 Å². The van der Waals surface area contributed by atoms with Crippen molar-refractivity contribution in [3.05, 3.63) is 0 Å². The SMILES string of the molecule is CC(C)CNCC1(CCSC(F)(F)F)CCOCC1. The molecule has 0 spiro atoms. The van der Waals surface area contributed by atoms with Crippen LogP contribution in [0.15, 0.2) is 0 Å². The molecule has 1 N–H and O–H groups in total. The Balaban J connectivity index is 2.40. The summed E-state index contributed by atoms with van der Waals surface area (Å²) in [5.74, 6) is 0.703. The number of hydrogen-bond acceptors (Lipinski definition) is 3. The normalized spacial score (nSPS) is 19.9. The van der Waals surface area contributed by atoms with Crippen LogP contribution in [0.1, 0.15) is 33.1 Å². The zero-order chi connectivity index (χ0) is 14.4. The second-order valence-corrected chi connectivity index (χ2v) is 6.84. The molecule has 0 unspecified atom stereocenters. The van der Waals surface area contributed by atoms with Crippen molar-refractivity contribution < 1.29 is 17.9 Å². The first-order valence-electron chi connectivity index (χ1n) is 6.82. The van der Waals surface area contributed by atoms with E-state index in [1.807, 2.05) is 0 Å². The van der Waals surface area contributed by atoms with Crippen LogP contribution in [0.4, 0.5) is 13.2 Å². The van der Waals surface area contributed by atoms with E-state index in [2.05, 4.69) is 19.2 Å². The molecule has 0 bridgehead atoms. The Bertz CT molecular complexity index is 253. The van der Waals surface area contributed by atoms with Crippen molar-refractivity contribution in [2.24, 2.45) is 11.3 Å². The van der Waals surface area contributed by atoms with Crippen LogP contribution >= 0.6 is 11.8 Å². The third-order valence-corrected chi connectivity index (χ3v) is 4.24. The van der Waals surface area contributed by atoms with Gasteiger partial charge in [0.15, 0.2) is 0 Å². The van der Waals surface area contributed by atoms with Crippen molar-refractivity contribution in [3.63, 3.8) is 0 Å². The summed E-state index contributed by atoms with van der Waals surface area (Å²) in [6.07, 6.45) is 2.32. The van der Waals surface area contributed by atoms with Crippen LogP contribution < -0.4 is 5.32 Å². The van der Waals surface area contributed by atoms with E-state index in [1.165, 1.54) is 0 Å². The van der Waals surface area contributed by atoms with E-state index in [0.29, 0.717) is 25.6 Å². The predicted octanol–water partition coefficient (Wildman–Crippen LogP) is 3.67. The molecular formula is C13H24F3NOS. The molecule has 19 heavy (non-hydrogen) atoms. The summed E-state index contributed by atoms with van der Waals surface area (Å²) < 4.78 is 42.0. The number of halogens is 3. The fourth-order valence-corrected chi connectivity index (χ4v) is 3.10. The monoisotopic (exact) mass is 299 g/mol. The minimum Gasteiger partial charge on any atom is -0.381 e. The third kappa shape index (κ3) is 7.42. The average Bonchev–Trinajstić information content (AvgIpc) is 2.28. The molecule has 114 valence electrons. The lowest BCUT2D eigenvalue weighted by molar-refractivity contribution is -0.0332. The fraction of sp³-hybridized carbons (Fsp3) is 1.00. The highest BCUT2D eigenvalue weighted by molar-refractivity contribution is 8.00. The fourth-order valence-electron chi connectivity index (χ4n) is 2.33. The highest BCUT2D eigenvalue weighted by Gasteiger charge is 2.34. The number of nitrogens with one attached hydrogen (secondary N) is 1. The van der Waals surface area contributed by atoms with E-state index in [-0.39, 0.29) is 22.9 Å². The molecule has 0 aromatic rings. The topological polar surface area (TPSA) is 21.3 Å². The van der Waals surface area contributed by atoms with Gasteiger partial charge in [0, 0.05) is 25.5 Å². The third-order valence-electron chi connectivity index (χ3n) is 3.50. The van der Waals surface area contributed by atoms with E-state index in [0.717, 1.165) is 25.9 Å². The molecule has 1 fully saturated rings. The van der Waals surface area contributed by atoms with Gasteiger partial charge in [0.2, 0.25) is 0 Å². The van der Waals surface area contributed by atoms with Gasteiger partial charge in [0.1, 0.15) is 0 Å². The number of thioether (sulfide) groups is 1. The Morgan fingerprint density at radius 2 is 1.89 bits per heavy atom. The smallest absolute Gasteiger partial charge is 0.381 e. The number of alkyl halides is 3. The number of ether oxygens (including phenoxy) is 1. The summed E-state index contributed by atoms with van der Waals surface area (Å²) in [4.78, 5) is 0. The maximum Gasteiger partial charge on any atom is 0.441 e. The van der Waals surface area contributed by atoms with Crippen molar-refractivity contribution in [3.8, 4) is 0 Å². The molecule has 0 aliphatic carbocycles. The minimum atomic E-state index is -4.11. The summed E-state index contributed by atoms with van der Waals surface area (Å²) in [6, 6.07) is 0. The molecule has 1 rings (SSSR count). The Labute approximate surface area is 117 Å². The summed E-state index contributed by atoms with van der Waals surface area (Å²) in [7, 11) is 0. The van der Waals surface area contributed by atoms with Gasteiger partial charge in [-0.1, -0.05) is 25.6 Å². The van der Waals surface area contributed by atoms with Crippen molar-refractivity contribution >= 4 is 11.8 Å². The quantitative estimate of drug-likeness (QED) is 0.775. The van der Waals surface area contributed by atoms with Gasteiger partial charge in [-0.15, -0.1) is 0 Å². The summed E-state index contributed by atoms with van der Waals surface area (Å²) in [5, 5.41) is 3.40. The van der Waals surface area contributed by atoms with Gasteiger partial charge in [-0.25, -0.2) is 0 Å². The van der Waals surface area contributed by atoms with E-state index >= 15 is 0 Å². The molecule has 1 aliphatic heterocycles. The van der Waals surface area contributed by atoms with Crippen molar-refractivity contribution in [2.45, 2.75) is 38.6 Å². The Hall–Kier alpha value is 0.0600. The molecule has 1 saturated heterocycles. The highest BCUT2D eigenvalue weighted by atomic mass is 32.2. The lowest BCUT2D eigenvalue weighted by Crippen LogP contribution is -2.40. The van der Waals surface area contributed by atoms with Gasteiger partial charge >= 0.3 is 5.51 Å². The maximum atomic E-state index is 12.2. The van der Waals surface area contributed by atoms with Gasteiger partial charge in [-0.05, 0) is 37.1 Å². The second kappa shape index (κ2) is 7.74. The second-order valence-electron chi connectivity index (χ2n) is 5.68. The molecule has 1 aliphatic rings. The van der Waals surface area contributed by atoms with Crippen LogP contribution in [0.5, 0.6) is 0 Å².